The minimum absolute atomic E-state index is 0.0763. The molecular formula is C10H6ClF3O3. The Morgan fingerprint density at radius 1 is 1.29 bits per heavy atom. The molecule has 1 aromatic carbocycles. The van der Waals surface area contributed by atoms with E-state index in [1.165, 1.54) is 0 Å². The summed E-state index contributed by atoms with van der Waals surface area (Å²) in [6.45, 7) is 0. The molecule has 0 saturated carbocycles. The van der Waals surface area contributed by atoms with Crippen LogP contribution in [-0.4, -0.2) is 16.9 Å². The van der Waals surface area contributed by atoms with Gasteiger partial charge < -0.3 is 5.11 Å². The normalized spacial score (nSPS) is 11.3. The monoisotopic (exact) mass is 266 g/mol. The smallest absolute Gasteiger partial charge is 0.416 e. The molecule has 0 atom stereocenters. The third kappa shape index (κ3) is 3.45. The number of alkyl halides is 3. The number of hydrogen-bond acceptors (Lipinski definition) is 2. The second kappa shape index (κ2) is 4.75. The lowest BCUT2D eigenvalue weighted by Crippen LogP contribution is -2.16. The number of ketones is 1. The molecule has 0 unspecified atom stereocenters. The summed E-state index contributed by atoms with van der Waals surface area (Å²) < 4.78 is 37.1. The first-order valence-corrected chi connectivity index (χ1v) is 4.71. The Morgan fingerprint density at radius 2 is 1.88 bits per heavy atom. The molecule has 0 heterocycles. The number of carbonyl (C=O) groups is 2. The lowest BCUT2D eigenvalue weighted by molar-refractivity contribution is -0.148. The molecule has 0 aliphatic heterocycles. The van der Waals surface area contributed by atoms with E-state index in [-0.39, 0.29) is 10.6 Å². The number of carboxylic acids is 1. The molecule has 0 bridgehead atoms. The number of rotatable bonds is 3. The number of benzene rings is 1. The van der Waals surface area contributed by atoms with E-state index in [9.17, 15) is 22.8 Å². The minimum atomic E-state index is -4.56. The van der Waals surface area contributed by atoms with Crippen molar-refractivity contribution in [3.8, 4) is 0 Å². The topological polar surface area (TPSA) is 54.4 Å². The molecule has 0 saturated heterocycles. The van der Waals surface area contributed by atoms with E-state index in [0.717, 1.165) is 12.1 Å². The molecule has 1 N–H and O–H groups in total. The highest BCUT2D eigenvalue weighted by atomic mass is 35.5. The largest absolute Gasteiger partial charge is 0.475 e. The summed E-state index contributed by atoms with van der Waals surface area (Å²) in [5, 5.41) is 8.27. The van der Waals surface area contributed by atoms with Crippen LogP contribution in [0.5, 0.6) is 0 Å². The van der Waals surface area contributed by atoms with Crippen molar-refractivity contribution in [2.75, 3.05) is 0 Å². The van der Waals surface area contributed by atoms with Crippen LogP contribution in [0.15, 0.2) is 18.2 Å². The highest BCUT2D eigenvalue weighted by molar-refractivity contribution is 6.35. The first kappa shape index (κ1) is 13.5. The summed E-state index contributed by atoms with van der Waals surface area (Å²) in [5.41, 5.74) is -1.14. The number of carboxylic acid groups (broad SMARTS) is 1. The fourth-order valence-corrected chi connectivity index (χ4v) is 1.32. The first-order chi connectivity index (χ1) is 7.71. The molecule has 7 heteroatoms. The Kier molecular flexibility index (Phi) is 3.77. The van der Waals surface area contributed by atoms with Gasteiger partial charge in [-0.1, -0.05) is 11.6 Å². The minimum Gasteiger partial charge on any atom is -0.475 e. The van der Waals surface area contributed by atoms with Crippen LogP contribution in [0.2, 0.25) is 5.02 Å². The molecule has 0 aromatic heterocycles. The SMILES string of the molecule is O=C(O)C(=O)Cc1cc(C(F)(F)F)ccc1Cl. The lowest BCUT2D eigenvalue weighted by Gasteiger charge is -2.09. The van der Waals surface area contributed by atoms with E-state index in [1.54, 1.807) is 0 Å². The van der Waals surface area contributed by atoms with Gasteiger partial charge in [-0.3, -0.25) is 4.79 Å². The van der Waals surface area contributed by atoms with Crippen molar-refractivity contribution >= 4 is 23.4 Å². The van der Waals surface area contributed by atoms with Crippen molar-refractivity contribution in [3.63, 3.8) is 0 Å². The number of carbonyl (C=O) groups excluding carboxylic acids is 1. The summed E-state index contributed by atoms with van der Waals surface area (Å²) in [4.78, 5) is 21.2. The molecule has 3 nitrogen and oxygen atoms in total. The fourth-order valence-electron chi connectivity index (χ4n) is 1.14. The van der Waals surface area contributed by atoms with E-state index in [2.05, 4.69) is 0 Å². The standard InChI is InChI=1S/C10H6ClF3O3/c11-7-2-1-6(10(12,13)14)3-5(7)4-8(15)9(16)17/h1-3H,4H2,(H,16,17). The summed E-state index contributed by atoms with van der Waals surface area (Å²) in [7, 11) is 0. The summed E-state index contributed by atoms with van der Waals surface area (Å²) >= 11 is 5.58. The van der Waals surface area contributed by atoms with Crippen molar-refractivity contribution in [3.05, 3.63) is 34.3 Å². The van der Waals surface area contributed by atoms with Crippen LogP contribution < -0.4 is 0 Å². The maximum absolute atomic E-state index is 12.4. The quantitative estimate of drug-likeness (QED) is 0.856. The second-order valence-electron chi connectivity index (χ2n) is 3.21. The van der Waals surface area contributed by atoms with Gasteiger partial charge in [0.2, 0.25) is 5.78 Å². The highest BCUT2D eigenvalue weighted by Gasteiger charge is 2.31. The predicted molar refractivity (Wildman–Crippen MR) is 52.8 cm³/mol. The third-order valence-corrected chi connectivity index (χ3v) is 2.33. The number of hydrogen-bond donors (Lipinski definition) is 1. The van der Waals surface area contributed by atoms with Crippen LogP contribution in [0.4, 0.5) is 13.2 Å². The molecule has 0 aliphatic rings. The maximum atomic E-state index is 12.4. The lowest BCUT2D eigenvalue weighted by atomic mass is 10.1. The molecule has 0 amide bonds. The molecule has 17 heavy (non-hydrogen) atoms. The van der Waals surface area contributed by atoms with Gasteiger partial charge in [0.15, 0.2) is 0 Å². The third-order valence-electron chi connectivity index (χ3n) is 1.96. The zero-order valence-corrected chi connectivity index (χ0v) is 8.97. The van der Waals surface area contributed by atoms with Crippen molar-refractivity contribution in [2.45, 2.75) is 12.6 Å². The van der Waals surface area contributed by atoms with Gasteiger partial charge in [0.1, 0.15) is 0 Å². The van der Waals surface area contributed by atoms with E-state index >= 15 is 0 Å². The highest BCUT2D eigenvalue weighted by Crippen LogP contribution is 2.31. The molecular weight excluding hydrogens is 261 g/mol. The molecule has 0 radical (unpaired) electrons. The molecule has 0 fully saturated rings. The van der Waals surface area contributed by atoms with Crippen molar-refractivity contribution in [1.29, 1.82) is 0 Å². The maximum Gasteiger partial charge on any atom is 0.416 e. The summed E-state index contributed by atoms with van der Waals surface area (Å²) in [6, 6.07) is 2.41. The van der Waals surface area contributed by atoms with Crippen LogP contribution in [0.1, 0.15) is 11.1 Å². The van der Waals surface area contributed by atoms with Gasteiger partial charge in [0.25, 0.3) is 0 Å². The van der Waals surface area contributed by atoms with Gasteiger partial charge in [0, 0.05) is 11.4 Å². The molecule has 92 valence electrons. The number of Topliss-reactive ketones (excluding diaryl/α,β-unsaturated/α-hetero) is 1. The van der Waals surface area contributed by atoms with Gasteiger partial charge in [-0.15, -0.1) is 0 Å². The summed E-state index contributed by atoms with van der Waals surface area (Å²) in [5.74, 6) is -2.93. The van der Waals surface area contributed by atoms with E-state index in [1.807, 2.05) is 0 Å². The fraction of sp³-hybridized carbons (Fsp3) is 0.200. The van der Waals surface area contributed by atoms with Crippen LogP contribution in [0, 0.1) is 0 Å². The zero-order valence-electron chi connectivity index (χ0n) is 8.21. The van der Waals surface area contributed by atoms with Gasteiger partial charge in [-0.25, -0.2) is 4.79 Å². The van der Waals surface area contributed by atoms with Crippen molar-refractivity contribution in [1.82, 2.24) is 0 Å². The van der Waals surface area contributed by atoms with Gasteiger partial charge in [-0.05, 0) is 23.8 Å². The van der Waals surface area contributed by atoms with Crippen molar-refractivity contribution < 1.29 is 27.9 Å². The van der Waals surface area contributed by atoms with Crippen LogP contribution in [0.25, 0.3) is 0 Å². The van der Waals surface area contributed by atoms with Gasteiger partial charge in [0.05, 0.1) is 5.56 Å². The molecule has 0 aliphatic carbocycles. The predicted octanol–water partition coefficient (Wildman–Crippen LogP) is 2.56. The Morgan fingerprint density at radius 3 is 2.35 bits per heavy atom. The molecule has 1 rings (SSSR count). The second-order valence-corrected chi connectivity index (χ2v) is 3.62. The first-order valence-electron chi connectivity index (χ1n) is 4.33. The Hall–Kier alpha value is -1.56. The van der Waals surface area contributed by atoms with Gasteiger partial charge >= 0.3 is 12.1 Å². The van der Waals surface area contributed by atoms with Crippen LogP contribution >= 0.6 is 11.6 Å². The molecule has 0 spiro atoms. The van der Waals surface area contributed by atoms with E-state index in [4.69, 9.17) is 16.7 Å². The van der Waals surface area contributed by atoms with Gasteiger partial charge in [-0.2, -0.15) is 13.2 Å². The Labute approximate surface area is 98.8 Å². The van der Waals surface area contributed by atoms with E-state index in [0.29, 0.717) is 6.07 Å². The van der Waals surface area contributed by atoms with Crippen LogP contribution in [-0.2, 0) is 22.2 Å². The molecule has 1 aromatic rings. The Bertz CT molecular complexity index is 468. The van der Waals surface area contributed by atoms with Crippen molar-refractivity contribution in [2.24, 2.45) is 0 Å². The Balaban J connectivity index is 3.07. The summed E-state index contributed by atoms with van der Waals surface area (Å²) in [6.07, 6.45) is -5.23. The average Bonchev–Trinajstić information content (AvgIpc) is 2.19. The number of aliphatic carboxylic acids is 1. The zero-order chi connectivity index (χ0) is 13.2. The average molecular weight is 267 g/mol. The number of halogens is 4. The van der Waals surface area contributed by atoms with E-state index < -0.39 is 29.9 Å². The van der Waals surface area contributed by atoms with Crippen LogP contribution in [0.3, 0.4) is 0 Å².